The number of ether oxygens (including phenoxy) is 1. The lowest BCUT2D eigenvalue weighted by Gasteiger charge is -2.44. The first-order chi connectivity index (χ1) is 23.8. The molecule has 0 saturated heterocycles. The minimum Gasteiger partial charge on any atom is -0.481 e. The number of nitrogens with zero attached hydrogens (tertiary/aromatic N) is 2. The van der Waals surface area contributed by atoms with E-state index in [-0.39, 0.29) is 28.5 Å². The van der Waals surface area contributed by atoms with Crippen LogP contribution in [0.3, 0.4) is 0 Å². The lowest BCUT2D eigenvalue weighted by molar-refractivity contribution is -0.145. The van der Waals surface area contributed by atoms with Crippen LogP contribution in [-0.4, -0.2) is 42.7 Å². The highest BCUT2D eigenvalue weighted by molar-refractivity contribution is 9.10. The Bertz CT molecular complexity index is 1920. The first-order valence-electron chi connectivity index (χ1n) is 17.6. The van der Waals surface area contributed by atoms with E-state index in [1.165, 1.54) is 15.9 Å². The number of methoxy groups -OCH3 is 1. The SMILES string of the molecule is CO[C@@H](C)c1ncccc1-c1c(CC(C)(C)CO[Si](c2ccccc2)(c2ccccc2)C(C)(C)C)c2cc(Br)ccc2n1C1CC(C(=O)O)C1. The van der Waals surface area contributed by atoms with Gasteiger partial charge in [-0.05, 0) is 82.9 Å². The number of halogens is 1. The summed E-state index contributed by atoms with van der Waals surface area (Å²) in [5.74, 6) is -1.06. The van der Waals surface area contributed by atoms with Crippen LogP contribution in [0.2, 0.25) is 5.04 Å². The predicted octanol–water partition coefficient (Wildman–Crippen LogP) is 9.35. The van der Waals surface area contributed by atoms with Gasteiger partial charge in [-0.25, -0.2) is 0 Å². The van der Waals surface area contributed by atoms with E-state index >= 15 is 0 Å². The molecule has 8 heteroatoms. The molecule has 50 heavy (non-hydrogen) atoms. The second-order valence-corrected chi connectivity index (χ2v) is 20.8. The zero-order chi connectivity index (χ0) is 35.8. The summed E-state index contributed by atoms with van der Waals surface area (Å²) >= 11 is 3.77. The van der Waals surface area contributed by atoms with Crippen molar-refractivity contribution in [1.82, 2.24) is 9.55 Å². The fraction of sp³-hybridized carbons (Fsp3) is 0.381. The first-order valence-corrected chi connectivity index (χ1v) is 20.3. The van der Waals surface area contributed by atoms with Gasteiger partial charge in [0.25, 0.3) is 8.32 Å². The molecule has 1 fully saturated rings. The van der Waals surface area contributed by atoms with Crippen LogP contribution >= 0.6 is 15.9 Å². The molecule has 1 aliphatic rings. The van der Waals surface area contributed by atoms with Gasteiger partial charge in [0, 0.05) is 46.9 Å². The van der Waals surface area contributed by atoms with Crippen LogP contribution in [0.1, 0.15) is 77.8 Å². The summed E-state index contributed by atoms with van der Waals surface area (Å²) in [4.78, 5) is 16.8. The number of fused-ring (bicyclic) bond motifs is 1. The van der Waals surface area contributed by atoms with Gasteiger partial charge in [-0.3, -0.25) is 9.78 Å². The Hall–Kier alpha value is -3.56. The molecular weight excluding hydrogens is 704 g/mol. The van der Waals surface area contributed by atoms with E-state index in [0.717, 1.165) is 38.7 Å². The van der Waals surface area contributed by atoms with Crippen molar-refractivity contribution in [3.05, 3.63) is 113 Å². The highest BCUT2D eigenvalue weighted by atomic mass is 79.9. The van der Waals surface area contributed by atoms with E-state index in [0.29, 0.717) is 19.4 Å². The maximum absolute atomic E-state index is 12.0. The quantitative estimate of drug-likeness (QED) is 0.129. The van der Waals surface area contributed by atoms with Crippen LogP contribution in [0.5, 0.6) is 0 Å². The molecule has 1 atom stereocenters. The van der Waals surface area contributed by atoms with E-state index < -0.39 is 14.3 Å². The standard InChI is InChI=1S/C42H49BrN2O4Si/c1-28(48-7)38-34(19-14-22-44-38)39-36(35-25-30(43)20-21-37(35)45(39)31-23-29(24-31)40(46)47)26-42(5,6)27-49-50(41(2,3)4,32-15-10-8-11-16-32)33-17-12-9-13-18-33/h8-22,25,28-29,31H,23-24,26-27H2,1-7H3,(H,46,47)/t28-,29?,31?/m0/s1. The Morgan fingerprint density at radius 1 is 0.960 bits per heavy atom. The van der Waals surface area contributed by atoms with Gasteiger partial charge in [0.05, 0.1) is 23.4 Å². The monoisotopic (exact) mass is 752 g/mol. The predicted molar refractivity (Wildman–Crippen MR) is 209 cm³/mol. The molecule has 1 N–H and O–H groups in total. The largest absolute Gasteiger partial charge is 0.481 e. The average molecular weight is 754 g/mol. The van der Waals surface area contributed by atoms with Gasteiger partial charge in [0.1, 0.15) is 0 Å². The lowest BCUT2D eigenvalue weighted by Crippen LogP contribution is -2.67. The average Bonchev–Trinajstić information content (AvgIpc) is 3.35. The van der Waals surface area contributed by atoms with Gasteiger partial charge >= 0.3 is 5.97 Å². The molecule has 6 nitrogen and oxygen atoms in total. The van der Waals surface area contributed by atoms with Crippen molar-refractivity contribution >= 4 is 51.5 Å². The van der Waals surface area contributed by atoms with Crippen LogP contribution < -0.4 is 10.4 Å². The van der Waals surface area contributed by atoms with Crippen LogP contribution in [0.25, 0.3) is 22.2 Å². The van der Waals surface area contributed by atoms with Gasteiger partial charge in [0.15, 0.2) is 0 Å². The zero-order valence-electron chi connectivity index (χ0n) is 30.2. The molecule has 0 unspecified atom stereocenters. The fourth-order valence-electron chi connectivity index (χ4n) is 7.85. The summed E-state index contributed by atoms with van der Waals surface area (Å²) in [5, 5.41) is 13.4. The highest BCUT2D eigenvalue weighted by Crippen LogP contribution is 2.48. The number of aliphatic carboxylic acids is 1. The maximum Gasteiger partial charge on any atom is 0.306 e. The lowest BCUT2D eigenvalue weighted by atomic mass is 9.79. The van der Waals surface area contributed by atoms with Crippen molar-refractivity contribution in [3.8, 4) is 11.3 Å². The highest BCUT2D eigenvalue weighted by Gasteiger charge is 2.51. The molecular formula is C42H49BrN2O4Si. The van der Waals surface area contributed by atoms with Crippen molar-refractivity contribution in [3.63, 3.8) is 0 Å². The summed E-state index contributed by atoms with van der Waals surface area (Å²) in [7, 11) is -1.05. The van der Waals surface area contributed by atoms with Crippen molar-refractivity contribution in [2.24, 2.45) is 11.3 Å². The third-order valence-electron chi connectivity index (χ3n) is 10.5. The smallest absolute Gasteiger partial charge is 0.306 e. The minimum atomic E-state index is -2.77. The van der Waals surface area contributed by atoms with Crippen LogP contribution in [0.15, 0.2) is 102 Å². The van der Waals surface area contributed by atoms with E-state index in [1.54, 1.807) is 7.11 Å². The molecule has 0 spiro atoms. The third-order valence-corrected chi connectivity index (χ3v) is 16.0. The first kappa shape index (κ1) is 36.2. The molecule has 0 amide bonds. The summed E-state index contributed by atoms with van der Waals surface area (Å²) in [6.45, 7) is 14.2. The second kappa shape index (κ2) is 14.2. The Morgan fingerprint density at radius 3 is 2.14 bits per heavy atom. The maximum atomic E-state index is 12.0. The number of pyridine rings is 1. The molecule has 1 aliphatic carbocycles. The molecule has 2 heterocycles. The number of carboxylic acid groups (broad SMARTS) is 1. The number of carboxylic acids is 1. The number of carbonyl (C=O) groups is 1. The van der Waals surface area contributed by atoms with Crippen LogP contribution in [-0.2, 0) is 20.4 Å². The van der Waals surface area contributed by atoms with E-state index in [1.807, 2.05) is 19.2 Å². The molecule has 3 aromatic carbocycles. The van der Waals surface area contributed by atoms with Gasteiger partial charge < -0.3 is 18.8 Å². The van der Waals surface area contributed by atoms with Crippen LogP contribution in [0.4, 0.5) is 0 Å². The third kappa shape index (κ3) is 6.75. The summed E-state index contributed by atoms with van der Waals surface area (Å²) in [5.41, 5.74) is 5.03. The van der Waals surface area contributed by atoms with Gasteiger partial charge in [-0.15, -0.1) is 0 Å². The summed E-state index contributed by atoms with van der Waals surface area (Å²) < 4.78 is 16.8. The molecule has 0 bridgehead atoms. The normalized spacial score (nSPS) is 17.4. The Labute approximate surface area is 306 Å². The van der Waals surface area contributed by atoms with Crippen molar-refractivity contribution < 1.29 is 19.1 Å². The molecule has 5 aromatic rings. The van der Waals surface area contributed by atoms with E-state index in [9.17, 15) is 9.90 Å². The van der Waals surface area contributed by atoms with E-state index in [2.05, 4.69) is 140 Å². The zero-order valence-corrected chi connectivity index (χ0v) is 32.8. The minimum absolute atomic E-state index is 0.0610. The fourth-order valence-corrected chi connectivity index (χ4v) is 13.0. The van der Waals surface area contributed by atoms with Gasteiger partial charge in [-0.1, -0.05) is 111 Å². The molecule has 0 aliphatic heterocycles. The summed E-state index contributed by atoms with van der Waals surface area (Å²) in [6, 6.07) is 32.3. The molecule has 2 aromatic heterocycles. The molecule has 262 valence electrons. The van der Waals surface area contributed by atoms with E-state index in [4.69, 9.17) is 14.1 Å². The number of hydrogen-bond donors (Lipinski definition) is 1. The van der Waals surface area contributed by atoms with Gasteiger partial charge in [0.2, 0.25) is 0 Å². The molecule has 0 radical (unpaired) electrons. The number of aromatic nitrogens is 2. The van der Waals surface area contributed by atoms with Crippen molar-refractivity contribution in [2.75, 3.05) is 13.7 Å². The number of benzene rings is 3. The van der Waals surface area contributed by atoms with Crippen LogP contribution in [0, 0.1) is 11.3 Å². The second-order valence-electron chi connectivity index (χ2n) is 15.6. The number of hydrogen-bond acceptors (Lipinski definition) is 4. The Balaban J connectivity index is 1.50. The Morgan fingerprint density at radius 2 is 1.58 bits per heavy atom. The van der Waals surface area contributed by atoms with Gasteiger partial charge in [-0.2, -0.15) is 0 Å². The Kier molecular flexibility index (Phi) is 10.3. The molecule has 1 saturated carbocycles. The topological polar surface area (TPSA) is 73.6 Å². The molecule has 6 rings (SSSR count). The van der Waals surface area contributed by atoms with Crippen molar-refractivity contribution in [1.29, 1.82) is 0 Å². The van der Waals surface area contributed by atoms with Crippen molar-refractivity contribution in [2.45, 2.75) is 78.0 Å². The number of rotatable bonds is 12. The summed E-state index contributed by atoms with van der Waals surface area (Å²) in [6.07, 6.45) is 3.53.